The zero-order valence-corrected chi connectivity index (χ0v) is 19.2. The van der Waals surface area contributed by atoms with E-state index in [-0.39, 0.29) is 18.4 Å². The minimum atomic E-state index is -0.516. The third-order valence-corrected chi connectivity index (χ3v) is 5.58. The van der Waals surface area contributed by atoms with Crippen LogP contribution in [-0.4, -0.2) is 46.5 Å². The van der Waals surface area contributed by atoms with E-state index in [1.165, 1.54) is 4.90 Å². The number of aromatic nitrogens is 2. The second-order valence-electron chi connectivity index (χ2n) is 8.23. The van der Waals surface area contributed by atoms with Crippen LogP contribution in [0.5, 0.6) is 0 Å². The van der Waals surface area contributed by atoms with E-state index in [4.69, 9.17) is 5.73 Å². The van der Waals surface area contributed by atoms with E-state index in [0.29, 0.717) is 22.3 Å². The van der Waals surface area contributed by atoms with Gasteiger partial charge in [0, 0.05) is 44.2 Å². The van der Waals surface area contributed by atoms with E-state index in [9.17, 15) is 14.4 Å². The summed E-state index contributed by atoms with van der Waals surface area (Å²) in [5, 5.41) is 8.08. The summed E-state index contributed by atoms with van der Waals surface area (Å²) in [7, 11) is 5.16. The van der Waals surface area contributed by atoms with Crippen molar-refractivity contribution in [2.24, 2.45) is 12.8 Å². The van der Waals surface area contributed by atoms with Gasteiger partial charge in [-0.15, -0.1) is 0 Å². The van der Waals surface area contributed by atoms with Gasteiger partial charge in [0.05, 0.1) is 5.52 Å². The van der Waals surface area contributed by atoms with E-state index >= 15 is 0 Å². The third-order valence-electron chi connectivity index (χ3n) is 5.58. The summed E-state index contributed by atoms with van der Waals surface area (Å²) < 4.78 is 1.56. The molecule has 0 saturated heterocycles. The number of rotatable bonds is 6. The Balaban J connectivity index is 1.60. The summed E-state index contributed by atoms with van der Waals surface area (Å²) >= 11 is 0. The van der Waals surface area contributed by atoms with E-state index < -0.39 is 5.91 Å². The Hall–Kier alpha value is -4.46. The van der Waals surface area contributed by atoms with Crippen LogP contribution >= 0.6 is 0 Å². The molecule has 8 heteroatoms. The summed E-state index contributed by atoms with van der Waals surface area (Å²) in [4.78, 5) is 38.1. The lowest BCUT2D eigenvalue weighted by molar-refractivity contribution is 0.0827. The van der Waals surface area contributed by atoms with Gasteiger partial charge in [0.15, 0.2) is 0 Å². The topological polar surface area (TPSA) is 110 Å². The molecule has 4 rings (SSSR count). The third kappa shape index (κ3) is 4.52. The number of nitrogens with two attached hydrogens (primary N) is 1. The van der Waals surface area contributed by atoms with Crippen molar-refractivity contribution in [3.05, 3.63) is 89.1 Å². The monoisotopic (exact) mass is 455 g/mol. The molecule has 0 aliphatic rings. The molecule has 34 heavy (non-hydrogen) atoms. The molecule has 3 amide bonds. The van der Waals surface area contributed by atoms with Gasteiger partial charge >= 0.3 is 0 Å². The molecule has 0 aliphatic carbocycles. The largest absolute Gasteiger partial charge is 0.366 e. The van der Waals surface area contributed by atoms with Crippen molar-refractivity contribution < 1.29 is 14.4 Å². The number of aryl methyl sites for hydroxylation is 1. The highest BCUT2D eigenvalue weighted by Gasteiger charge is 2.18. The minimum absolute atomic E-state index is 0.0606. The number of carbonyl (C=O) groups excluding carboxylic acids is 3. The average Bonchev–Trinajstić information content (AvgIpc) is 3.17. The van der Waals surface area contributed by atoms with Gasteiger partial charge in [0.25, 0.3) is 11.8 Å². The van der Waals surface area contributed by atoms with Gasteiger partial charge in [0.1, 0.15) is 5.69 Å². The normalized spacial score (nSPS) is 10.8. The van der Waals surface area contributed by atoms with Crippen LogP contribution in [0.3, 0.4) is 0 Å². The summed E-state index contributed by atoms with van der Waals surface area (Å²) in [5.41, 5.74) is 10.1. The molecular weight excluding hydrogens is 430 g/mol. The summed E-state index contributed by atoms with van der Waals surface area (Å²) in [6, 6.07) is 19.9. The molecule has 3 N–H and O–H groups in total. The first-order chi connectivity index (χ1) is 16.2. The Labute approximate surface area is 197 Å². The van der Waals surface area contributed by atoms with Crippen molar-refractivity contribution in [3.63, 3.8) is 0 Å². The van der Waals surface area contributed by atoms with Crippen molar-refractivity contribution >= 4 is 28.6 Å². The smallest absolute Gasteiger partial charge is 0.270 e. The fourth-order valence-corrected chi connectivity index (χ4v) is 3.81. The Morgan fingerprint density at radius 2 is 1.65 bits per heavy atom. The van der Waals surface area contributed by atoms with Crippen LogP contribution in [0.25, 0.3) is 22.0 Å². The van der Waals surface area contributed by atoms with Crippen LogP contribution in [0.15, 0.2) is 66.7 Å². The highest BCUT2D eigenvalue weighted by Crippen LogP contribution is 2.27. The molecule has 3 aromatic carbocycles. The summed E-state index contributed by atoms with van der Waals surface area (Å²) in [5.74, 6) is -0.856. The Bertz CT molecular complexity index is 1400. The van der Waals surface area contributed by atoms with Gasteiger partial charge in [-0.3, -0.25) is 19.1 Å². The first-order valence-electron chi connectivity index (χ1n) is 10.7. The maximum atomic E-state index is 13.1. The maximum Gasteiger partial charge on any atom is 0.270 e. The Morgan fingerprint density at radius 1 is 0.941 bits per heavy atom. The molecule has 0 spiro atoms. The quantitative estimate of drug-likeness (QED) is 0.466. The molecule has 0 radical (unpaired) electrons. The second-order valence-corrected chi connectivity index (χ2v) is 8.23. The summed E-state index contributed by atoms with van der Waals surface area (Å²) in [6.45, 7) is 0.244. The zero-order chi connectivity index (χ0) is 24.4. The standard InChI is InChI=1S/C26H25N5O3/c1-30(2)26(34)18-9-7-17(8-10-18)19-11-12-22-21(14-19)23(31(3)29-22)25(33)28-15-16-5-4-6-20(13-16)24(27)32/h4-14H,15H2,1-3H3,(H2,27,32)(H,28,33). The van der Waals surface area contributed by atoms with Gasteiger partial charge in [-0.1, -0.05) is 30.3 Å². The van der Waals surface area contributed by atoms with Crippen molar-refractivity contribution in [1.29, 1.82) is 0 Å². The molecule has 4 aromatic rings. The van der Waals surface area contributed by atoms with E-state index in [1.54, 1.807) is 56.2 Å². The lowest BCUT2D eigenvalue weighted by atomic mass is 10.0. The first-order valence-corrected chi connectivity index (χ1v) is 10.7. The number of fused-ring (bicyclic) bond motifs is 1. The van der Waals surface area contributed by atoms with Crippen molar-refractivity contribution in [2.45, 2.75) is 6.54 Å². The Kier molecular flexibility index (Phi) is 6.14. The van der Waals surface area contributed by atoms with Crippen LogP contribution in [0.1, 0.15) is 36.8 Å². The molecule has 0 unspecified atom stereocenters. The van der Waals surface area contributed by atoms with Gasteiger partial charge in [-0.25, -0.2) is 0 Å². The highest BCUT2D eigenvalue weighted by molar-refractivity contribution is 6.06. The molecule has 1 aromatic heterocycles. The molecule has 0 aliphatic heterocycles. The van der Waals surface area contributed by atoms with Crippen LogP contribution in [0, 0.1) is 0 Å². The van der Waals surface area contributed by atoms with Crippen molar-refractivity contribution in [3.8, 4) is 11.1 Å². The lowest BCUT2D eigenvalue weighted by Gasteiger charge is -2.11. The summed E-state index contributed by atoms with van der Waals surface area (Å²) in [6.07, 6.45) is 0. The van der Waals surface area contributed by atoms with E-state index in [2.05, 4.69) is 10.4 Å². The second kappa shape index (κ2) is 9.19. The molecule has 0 bridgehead atoms. The maximum absolute atomic E-state index is 13.1. The van der Waals surface area contributed by atoms with Gasteiger partial charge in [-0.05, 0) is 53.1 Å². The number of hydrogen-bond donors (Lipinski definition) is 2. The molecule has 172 valence electrons. The number of nitrogens with zero attached hydrogens (tertiary/aromatic N) is 3. The molecule has 0 atom stereocenters. The number of primary amides is 1. The van der Waals surface area contributed by atoms with Crippen molar-refractivity contribution in [1.82, 2.24) is 20.0 Å². The molecular formula is C26H25N5O3. The van der Waals surface area contributed by atoms with E-state index in [1.807, 2.05) is 36.4 Å². The number of amides is 3. The highest BCUT2D eigenvalue weighted by atomic mass is 16.2. The number of hydrogen-bond acceptors (Lipinski definition) is 4. The molecule has 8 nitrogen and oxygen atoms in total. The van der Waals surface area contributed by atoms with Gasteiger partial charge in [0.2, 0.25) is 5.91 Å². The van der Waals surface area contributed by atoms with Crippen molar-refractivity contribution in [2.75, 3.05) is 14.1 Å². The predicted octanol–water partition coefficient (Wildman–Crippen LogP) is 2.97. The van der Waals surface area contributed by atoms with E-state index in [0.717, 1.165) is 22.1 Å². The molecule has 0 saturated carbocycles. The number of carbonyl (C=O) groups is 3. The van der Waals surface area contributed by atoms with Gasteiger partial charge < -0.3 is 16.0 Å². The first kappa shape index (κ1) is 22.7. The van der Waals surface area contributed by atoms with Crippen LogP contribution in [-0.2, 0) is 13.6 Å². The lowest BCUT2D eigenvalue weighted by Crippen LogP contribution is -2.25. The molecule has 1 heterocycles. The fraction of sp³-hybridized carbons (Fsp3) is 0.154. The number of nitrogens with one attached hydrogen (secondary N) is 1. The predicted molar refractivity (Wildman–Crippen MR) is 130 cm³/mol. The van der Waals surface area contributed by atoms with Gasteiger partial charge in [-0.2, -0.15) is 5.10 Å². The fourth-order valence-electron chi connectivity index (χ4n) is 3.81. The Morgan fingerprint density at radius 3 is 2.32 bits per heavy atom. The average molecular weight is 456 g/mol. The van der Waals surface area contributed by atoms with Crippen LogP contribution in [0.4, 0.5) is 0 Å². The SMILES string of the molecule is CN(C)C(=O)c1ccc(-c2ccc3nn(C)c(C(=O)NCc4cccc(C(N)=O)c4)c3c2)cc1. The number of benzene rings is 3. The zero-order valence-electron chi connectivity index (χ0n) is 19.2. The van der Waals surface area contributed by atoms with Crippen LogP contribution in [0.2, 0.25) is 0 Å². The minimum Gasteiger partial charge on any atom is -0.366 e. The van der Waals surface area contributed by atoms with Crippen LogP contribution < -0.4 is 11.1 Å². The molecule has 0 fully saturated rings.